The molecule has 0 saturated heterocycles. The highest BCUT2D eigenvalue weighted by atomic mass is 32.2. The molecule has 1 amide bonds. The van der Waals surface area contributed by atoms with Crippen LogP contribution in [0.4, 0.5) is 0 Å². The maximum atomic E-state index is 12.3. The maximum absolute atomic E-state index is 12.3. The molecule has 2 rings (SSSR count). The van der Waals surface area contributed by atoms with Crippen molar-refractivity contribution in [2.75, 3.05) is 13.1 Å². The van der Waals surface area contributed by atoms with E-state index >= 15 is 0 Å². The number of nitrogens with zero attached hydrogens (tertiary/aromatic N) is 1. The average Bonchev–Trinajstić information content (AvgIpc) is 2.79. The van der Waals surface area contributed by atoms with Gasteiger partial charge >= 0.3 is 11.9 Å². The summed E-state index contributed by atoms with van der Waals surface area (Å²) in [5, 5.41) is 17.1. The monoisotopic (exact) mass is 295 g/mol. The molecule has 0 aliphatic carbocycles. The molecule has 1 heterocycles. The highest BCUT2D eigenvalue weighted by Gasteiger charge is 2.32. The van der Waals surface area contributed by atoms with E-state index in [4.69, 9.17) is 10.2 Å². The Morgan fingerprint density at radius 2 is 1.75 bits per heavy atom. The molecular formula is C13H13NO5S. The van der Waals surface area contributed by atoms with Gasteiger partial charge < -0.3 is 15.1 Å². The summed E-state index contributed by atoms with van der Waals surface area (Å²) in [7, 11) is 0. The van der Waals surface area contributed by atoms with Gasteiger partial charge in [-0.25, -0.2) is 0 Å². The van der Waals surface area contributed by atoms with Crippen LogP contribution in [0.3, 0.4) is 0 Å². The van der Waals surface area contributed by atoms with Crippen LogP contribution >= 0.6 is 11.8 Å². The molecule has 1 aliphatic heterocycles. The minimum absolute atomic E-state index is 0.448. The Balaban J connectivity index is 2.09. The summed E-state index contributed by atoms with van der Waals surface area (Å²) in [5.74, 6) is -2.89. The second-order valence-electron chi connectivity index (χ2n) is 4.40. The van der Waals surface area contributed by atoms with Crippen LogP contribution in [0.2, 0.25) is 0 Å². The summed E-state index contributed by atoms with van der Waals surface area (Å²) < 4.78 is 0. The molecule has 1 aliphatic rings. The van der Waals surface area contributed by atoms with Crippen molar-refractivity contribution in [3.63, 3.8) is 0 Å². The summed E-state index contributed by atoms with van der Waals surface area (Å²) in [5.41, 5.74) is 1.03. The molecule has 1 aromatic carbocycles. The quantitative estimate of drug-likeness (QED) is 0.830. The molecule has 1 atom stereocenters. The van der Waals surface area contributed by atoms with Crippen LogP contribution in [0.15, 0.2) is 29.2 Å². The first-order valence-electron chi connectivity index (χ1n) is 5.94. The fraction of sp³-hybridized carbons (Fsp3) is 0.308. The molecule has 0 bridgehead atoms. The van der Waals surface area contributed by atoms with Crippen LogP contribution in [-0.4, -0.2) is 51.3 Å². The largest absolute Gasteiger partial charge is 0.480 e. The average molecular weight is 295 g/mol. The molecule has 0 saturated carbocycles. The molecule has 1 unspecified atom stereocenters. The molecule has 7 heteroatoms. The van der Waals surface area contributed by atoms with Crippen LogP contribution in [0.5, 0.6) is 0 Å². The van der Waals surface area contributed by atoms with E-state index in [1.807, 2.05) is 24.3 Å². The lowest BCUT2D eigenvalue weighted by molar-refractivity contribution is -0.149. The highest BCUT2D eigenvalue weighted by molar-refractivity contribution is 8.01. The molecular weight excluding hydrogens is 282 g/mol. The fourth-order valence-corrected chi connectivity index (χ4v) is 3.34. The number of carbonyl (C=O) groups excluding carboxylic acids is 1. The van der Waals surface area contributed by atoms with E-state index in [-0.39, 0.29) is 0 Å². The Kier molecular flexibility index (Phi) is 4.29. The number of benzene rings is 1. The zero-order valence-corrected chi connectivity index (χ0v) is 11.3. The van der Waals surface area contributed by atoms with Gasteiger partial charge in [0.15, 0.2) is 0 Å². The van der Waals surface area contributed by atoms with Crippen molar-refractivity contribution in [2.24, 2.45) is 0 Å². The van der Waals surface area contributed by atoms with Gasteiger partial charge in [-0.1, -0.05) is 18.2 Å². The Hall–Kier alpha value is -2.02. The van der Waals surface area contributed by atoms with Crippen molar-refractivity contribution < 1.29 is 24.6 Å². The predicted molar refractivity (Wildman–Crippen MR) is 71.6 cm³/mol. The van der Waals surface area contributed by atoms with Gasteiger partial charge in [0.1, 0.15) is 13.1 Å². The van der Waals surface area contributed by atoms with Crippen molar-refractivity contribution in [1.82, 2.24) is 4.90 Å². The summed E-state index contributed by atoms with van der Waals surface area (Å²) in [6.07, 6.45) is 0.495. The van der Waals surface area contributed by atoms with Gasteiger partial charge in [0.05, 0.1) is 5.25 Å². The molecule has 0 fully saturated rings. The Bertz CT molecular complexity index is 518. The van der Waals surface area contributed by atoms with E-state index in [0.717, 1.165) is 15.4 Å². The van der Waals surface area contributed by atoms with Crippen molar-refractivity contribution in [3.8, 4) is 0 Å². The van der Waals surface area contributed by atoms with Crippen molar-refractivity contribution >= 4 is 29.6 Å². The molecule has 20 heavy (non-hydrogen) atoms. The molecule has 6 nitrogen and oxygen atoms in total. The van der Waals surface area contributed by atoms with Crippen molar-refractivity contribution in [2.45, 2.75) is 16.6 Å². The van der Waals surface area contributed by atoms with E-state index < -0.39 is 36.2 Å². The molecule has 2 N–H and O–H groups in total. The third kappa shape index (κ3) is 3.30. The van der Waals surface area contributed by atoms with E-state index in [9.17, 15) is 14.4 Å². The molecule has 1 aromatic rings. The standard InChI is InChI=1S/C13H13NO5S/c15-11(16)6-14(7-12(17)18)13(19)10-5-8-3-1-2-4-9(8)20-10/h1-4,10H,5-7H2,(H,15,16)(H,17,18). The first-order chi connectivity index (χ1) is 9.47. The second-order valence-corrected chi connectivity index (χ2v) is 5.64. The van der Waals surface area contributed by atoms with Crippen LogP contribution in [0, 0.1) is 0 Å². The van der Waals surface area contributed by atoms with Crippen LogP contribution in [0.25, 0.3) is 0 Å². The van der Waals surface area contributed by atoms with Crippen LogP contribution in [-0.2, 0) is 20.8 Å². The first kappa shape index (κ1) is 14.4. The maximum Gasteiger partial charge on any atom is 0.323 e. The predicted octanol–water partition coefficient (Wildman–Crippen LogP) is 0.701. The van der Waals surface area contributed by atoms with E-state index in [0.29, 0.717) is 6.42 Å². The summed E-state index contributed by atoms with van der Waals surface area (Å²) in [6, 6.07) is 7.55. The van der Waals surface area contributed by atoms with Gasteiger partial charge in [-0.3, -0.25) is 14.4 Å². The highest BCUT2D eigenvalue weighted by Crippen LogP contribution is 2.37. The molecule has 0 aromatic heterocycles. The van der Waals surface area contributed by atoms with Crippen molar-refractivity contribution in [3.05, 3.63) is 29.8 Å². The zero-order valence-electron chi connectivity index (χ0n) is 10.5. The Morgan fingerprint density at radius 1 is 1.15 bits per heavy atom. The normalized spacial score (nSPS) is 16.5. The number of amides is 1. The van der Waals surface area contributed by atoms with Gasteiger partial charge in [-0.2, -0.15) is 0 Å². The summed E-state index contributed by atoms with van der Waals surface area (Å²) in [4.78, 5) is 35.6. The van der Waals surface area contributed by atoms with E-state index in [2.05, 4.69) is 0 Å². The number of carbonyl (C=O) groups is 3. The Morgan fingerprint density at radius 3 is 2.30 bits per heavy atom. The zero-order chi connectivity index (χ0) is 14.7. The number of fused-ring (bicyclic) bond motifs is 1. The lowest BCUT2D eigenvalue weighted by atomic mass is 10.1. The molecule has 106 valence electrons. The van der Waals surface area contributed by atoms with Gasteiger partial charge in [0.2, 0.25) is 5.91 Å². The lowest BCUT2D eigenvalue weighted by Crippen LogP contribution is -2.43. The smallest absolute Gasteiger partial charge is 0.323 e. The number of aliphatic carboxylic acids is 2. The lowest BCUT2D eigenvalue weighted by Gasteiger charge is -2.21. The molecule has 0 spiro atoms. The SMILES string of the molecule is O=C(O)CN(CC(=O)O)C(=O)C1Cc2ccccc2S1. The van der Waals surface area contributed by atoms with Crippen molar-refractivity contribution in [1.29, 1.82) is 0 Å². The number of hydrogen-bond acceptors (Lipinski definition) is 4. The third-order valence-corrected chi connectivity index (χ3v) is 4.19. The van der Waals surface area contributed by atoms with E-state index in [1.54, 1.807) is 0 Å². The first-order valence-corrected chi connectivity index (χ1v) is 6.82. The van der Waals surface area contributed by atoms with Gasteiger partial charge in [0.25, 0.3) is 0 Å². The topological polar surface area (TPSA) is 94.9 Å². The Labute approximate surface area is 119 Å². The van der Waals surface area contributed by atoms with E-state index in [1.165, 1.54) is 11.8 Å². The van der Waals surface area contributed by atoms with Crippen LogP contribution in [0.1, 0.15) is 5.56 Å². The fourth-order valence-electron chi connectivity index (χ4n) is 2.06. The number of hydrogen-bond donors (Lipinski definition) is 2. The van der Waals surface area contributed by atoms with Crippen LogP contribution < -0.4 is 0 Å². The minimum atomic E-state index is -1.22. The summed E-state index contributed by atoms with van der Waals surface area (Å²) >= 11 is 1.35. The summed E-state index contributed by atoms with van der Waals surface area (Å²) in [6.45, 7) is -1.20. The number of carboxylic acid groups (broad SMARTS) is 2. The molecule has 0 radical (unpaired) electrons. The number of rotatable bonds is 5. The number of thioether (sulfide) groups is 1. The van der Waals surface area contributed by atoms with Gasteiger partial charge in [0, 0.05) is 4.90 Å². The van der Waals surface area contributed by atoms with Gasteiger partial charge in [-0.15, -0.1) is 11.8 Å². The van der Waals surface area contributed by atoms with Gasteiger partial charge in [-0.05, 0) is 18.1 Å². The second kappa shape index (κ2) is 5.96. The minimum Gasteiger partial charge on any atom is -0.480 e. The third-order valence-electron chi connectivity index (χ3n) is 2.89. The number of carboxylic acids is 2.